The number of carboxylic acids is 1. The number of carbonyl (C=O) groups is 1. The number of rotatable bonds is 7. The van der Waals surface area contributed by atoms with E-state index < -0.39 is 69.0 Å². The first kappa shape index (κ1) is 28.1. The molecule has 206 valence electrons. The Bertz CT molecular complexity index is 2030. The van der Waals surface area contributed by atoms with Gasteiger partial charge in [-0.2, -0.15) is 25.3 Å². The van der Waals surface area contributed by atoms with E-state index in [2.05, 4.69) is 10.3 Å². The van der Waals surface area contributed by atoms with E-state index in [1.54, 1.807) is 0 Å². The molecule has 1 aliphatic carbocycles. The van der Waals surface area contributed by atoms with Crippen LogP contribution in [0.4, 0.5) is 5.69 Å². The van der Waals surface area contributed by atoms with Gasteiger partial charge in [-0.15, -0.1) is 0 Å². The quantitative estimate of drug-likeness (QED) is 0.152. The van der Waals surface area contributed by atoms with Gasteiger partial charge in [0.05, 0.1) is 16.6 Å². The van der Waals surface area contributed by atoms with Gasteiger partial charge in [-0.05, 0) is 35.9 Å². The van der Waals surface area contributed by atoms with Crippen LogP contribution in [-0.2, 0) is 30.4 Å². The van der Waals surface area contributed by atoms with E-state index in [-0.39, 0.29) is 33.0 Å². The average Bonchev–Trinajstić information content (AvgIpc) is 2.83. The zero-order valence-electron chi connectivity index (χ0n) is 19.6. The number of nitrogens with one attached hydrogen (secondary N) is 1. The Labute approximate surface area is 220 Å². The largest absolute Gasteiger partial charge is 0.478 e. The Morgan fingerprint density at radius 3 is 2.08 bits per heavy atom. The third-order valence-corrected chi connectivity index (χ3v) is 7.92. The molecule has 2 aliphatic rings. The second-order valence-corrected chi connectivity index (χ2v) is 12.2. The van der Waals surface area contributed by atoms with Crippen molar-refractivity contribution in [1.82, 2.24) is 0 Å². The Kier molecular flexibility index (Phi) is 7.00. The van der Waals surface area contributed by atoms with Crippen LogP contribution in [0.1, 0.15) is 10.4 Å². The molecule has 14 nitrogen and oxygen atoms in total. The molecule has 39 heavy (non-hydrogen) atoms. The molecule has 0 fully saturated rings. The predicted molar refractivity (Wildman–Crippen MR) is 136 cm³/mol. The maximum Gasteiger partial charge on any atom is 0.336 e. The molecule has 4 rings (SSSR count). The normalized spacial score (nSPS) is 13.2. The Hall–Kier alpha value is -3.87. The zero-order valence-corrected chi connectivity index (χ0v) is 22.0. The summed E-state index contributed by atoms with van der Waals surface area (Å²) in [5.74, 6) is -3.21. The molecule has 0 unspecified atom stereocenters. The van der Waals surface area contributed by atoms with Crippen LogP contribution in [0.3, 0.4) is 0 Å². The summed E-state index contributed by atoms with van der Waals surface area (Å²) < 4.78 is 107. The van der Waals surface area contributed by atoms with Gasteiger partial charge in [0.25, 0.3) is 30.4 Å². The molecular weight excluding hydrogens is 580 g/mol. The van der Waals surface area contributed by atoms with Crippen molar-refractivity contribution in [2.75, 3.05) is 18.2 Å². The summed E-state index contributed by atoms with van der Waals surface area (Å²) in [6.07, 6.45) is 0. The summed E-state index contributed by atoms with van der Waals surface area (Å²) in [6, 6.07) is 10.3. The van der Waals surface area contributed by atoms with E-state index in [1.165, 1.54) is 49.5 Å². The molecule has 17 heteroatoms. The summed E-state index contributed by atoms with van der Waals surface area (Å²) in [5, 5.41) is 11.5. The van der Waals surface area contributed by atoms with Crippen molar-refractivity contribution >= 4 is 53.0 Å². The Morgan fingerprint density at radius 1 is 0.872 bits per heavy atom. The lowest BCUT2D eigenvalue weighted by Crippen LogP contribution is -2.18. The number of hydrogen-bond acceptors (Lipinski definition) is 10. The molecule has 0 aromatic heterocycles. The van der Waals surface area contributed by atoms with Crippen molar-refractivity contribution in [3.8, 4) is 22.5 Å². The van der Waals surface area contributed by atoms with Gasteiger partial charge in [-0.1, -0.05) is 18.2 Å². The molecule has 0 saturated heterocycles. The number of nitrogens with zero attached hydrogens (tertiary/aromatic N) is 1. The highest BCUT2D eigenvalue weighted by Crippen LogP contribution is 2.46. The molecule has 1 aliphatic heterocycles. The second kappa shape index (κ2) is 9.70. The van der Waals surface area contributed by atoms with Crippen LogP contribution in [0, 0.1) is 0 Å². The molecule has 5 N–H and O–H groups in total. The van der Waals surface area contributed by atoms with Gasteiger partial charge in [-0.25, -0.2) is 4.79 Å². The van der Waals surface area contributed by atoms with Gasteiger partial charge in [-0.3, -0.25) is 18.7 Å². The van der Waals surface area contributed by atoms with Crippen molar-refractivity contribution in [3.63, 3.8) is 0 Å². The molecule has 2 aromatic rings. The number of aromatic carboxylic acids is 1. The van der Waals surface area contributed by atoms with Gasteiger partial charge < -0.3 is 14.8 Å². The van der Waals surface area contributed by atoms with Crippen molar-refractivity contribution in [3.05, 3.63) is 59.5 Å². The molecule has 0 atom stereocenters. The number of hydrogen-bond donors (Lipinski definition) is 5. The van der Waals surface area contributed by atoms with Crippen molar-refractivity contribution in [1.29, 1.82) is 0 Å². The topological polar surface area (TPSA) is 238 Å². The van der Waals surface area contributed by atoms with Gasteiger partial charge in [0.2, 0.25) is 0 Å². The van der Waals surface area contributed by atoms with E-state index in [0.29, 0.717) is 0 Å². The monoisotopic (exact) mass is 598 g/mol. The number of fused-ring (bicyclic) bond motifs is 2. The van der Waals surface area contributed by atoms with Crippen LogP contribution in [-0.4, -0.2) is 62.9 Å². The average molecular weight is 599 g/mol. The second-order valence-electron chi connectivity index (χ2n) is 8.01. The first-order valence-corrected chi connectivity index (χ1v) is 15.0. The number of anilines is 1. The number of benzene rings is 3. The summed E-state index contributed by atoms with van der Waals surface area (Å²) in [4.78, 5) is 13.9. The third-order valence-electron chi connectivity index (χ3n) is 5.57. The maximum atomic E-state index is 12.5. The summed E-state index contributed by atoms with van der Waals surface area (Å²) in [7, 11) is -13.8. The van der Waals surface area contributed by atoms with E-state index in [0.717, 1.165) is 6.07 Å². The minimum Gasteiger partial charge on any atom is -0.478 e. The SMILES string of the molecule is CN=c1ccc2c(-c3ccccc3C(=O)O)c3ccc(NCS(=O)(=O)O)c(S(=O)(=O)O)c3oc-2c1S(=O)(=O)O. The van der Waals surface area contributed by atoms with Gasteiger partial charge >= 0.3 is 5.97 Å². The minimum absolute atomic E-state index is 0.0155. The van der Waals surface area contributed by atoms with Crippen LogP contribution >= 0.6 is 0 Å². The Balaban J connectivity index is 2.35. The molecule has 1 heterocycles. The Morgan fingerprint density at radius 2 is 1.51 bits per heavy atom. The molecule has 0 saturated carbocycles. The summed E-state index contributed by atoms with van der Waals surface area (Å²) >= 11 is 0. The van der Waals surface area contributed by atoms with Crippen LogP contribution in [0.2, 0.25) is 0 Å². The highest BCUT2D eigenvalue weighted by atomic mass is 32.2. The third kappa shape index (κ3) is 5.35. The van der Waals surface area contributed by atoms with Crippen molar-refractivity contribution in [2.45, 2.75) is 9.79 Å². The fraction of sp³-hybridized carbons (Fsp3) is 0.0909. The lowest BCUT2D eigenvalue weighted by Gasteiger charge is -2.20. The highest BCUT2D eigenvalue weighted by Gasteiger charge is 2.32. The van der Waals surface area contributed by atoms with Gasteiger partial charge in [0, 0.05) is 23.6 Å². The smallest absolute Gasteiger partial charge is 0.336 e. The summed E-state index contributed by atoms with van der Waals surface area (Å²) in [5.41, 5.74) is -1.70. The molecular formula is C22H18N2O12S3. The van der Waals surface area contributed by atoms with E-state index in [9.17, 15) is 44.3 Å². The van der Waals surface area contributed by atoms with Crippen LogP contribution in [0.5, 0.6) is 0 Å². The number of carboxylic acid groups (broad SMARTS) is 1. The van der Waals surface area contributed by atoms with E-state index >= 15 is 0 Å². The molecule has 2 aromatic carbocycles. The van der Waals surface area contributed by atoms with Crippen LogP contribution in [0.25, 0.3) is 33.4 Å². The standard InChI is InChI=1S/C22H18N2O12S3/c1-23-15-8-6-13-17(11-4-2-3-5-12(11)22(25)26)14-7-9-16(24-10-37(27,28)29)21(39(33,34)35)19(14)36-18(13)20(15)38(30,31)32/h2-9,24H,10H2,1H3,(H,25,26)(H,27,28,29)(H,30,31,32)(H,33,34,35). The van der Waals surface area contributed by atoms with Crippen LogP contribution in [0.15, 0.2) is 67.7 Å². The molecule has 0 bridgehead atoms. The predicted octanol–water partition coefficient (Wildman–Crippen LogP) is 2.18. The minimum atomic E-state index is -5.27. The van der Waals surface area contributed by atoms with E-state index in [1.807, 2.05) is 0 Å². The zero-order chi connectivity index (χ0) is 28.9. The van der Waals surface area contributed by atoms with E-state index in [4.69, 9.17) is 8.97 Å². The first-order valence-electron chi connectivity index (χ1n) is 10.5. The fourth-order valence-corrected chi connectivity index (χ4v) is 6.08. The molecule has 0 spiro atoms. The highest BCUT2D eigenvalue weighted by molar-refractivity contribution is 7.86. The van der Waals surface area contributed by atoms with Gasteiger partial charge in [0.1, 0.15) is 5.88 Å². The fourth-order valence-electron chi connectivity index (χ4n) is 4.13. The first-order chi connectivity index (χ1) is 18.0. The van der Waals surface area contributed by atoms with Crippen molar-refractivity contribution < 1.29 is 53.2 Å². The lowest BCUT2D eigenvalue weighted by atomic mass is 9.90. The lowest BCUT2D eigenvalue weighted by molar-refractivity contribution is 0.0697. The van der Waals surface area contributed by atoms with Gasteiger partial charge in [0.15, 0.2) is 21.1 Å². The summed E-state index contributed by atoms with van der Waals surface area (Å²) in [6.45, 7) is 0. The van der Waals surface area contributed by atoms with Crippen molar-refractivity contribution in [2.24, 2.45) is 4.99 Å². The van der Waals surface area contributed by atoms with Crippen LogP contribution < -0.4 is 10.7 Å². The molecule has 0 amide bonds. The molecule has 0 radical (unpaired) electrons. The maximum absolute atomic E-state index is 12.5.